The lowest BCUT2D eigenvalue weighted by molar-refractivity contribution is -0.118. The highest BCUT2D eigenvalue weighted by Gasteiger charge is 2.60. The summed E-state index contributed by atoms with van der Waals surface area (Å²) < 4.78 is 15.9. The van der Waals surface area contributed by atoms with Gasteiger partial charge in [-0.2, -0.15) is 0 Å². The molecule has 0 bridgehead atoms. The summed E-state index contributed by atoms with van der Waals surface area (Å²) in [5, 5.41) is 2.84. The van der Waals surface area contributed by atoms with Crippen molar-refractivity contribution < 1.29 is 9.18 Å². The number of allylic oxidation sites excluding steroid dienone is 2. The first-order valence-electron chi connectivity index (χ1n) is 8.04. The molecule has 3 rings (SSSR count). The molecule has 126 valence electrons. The minimum atomic E-state index is -0.401. The Bertz CT molecular complexity index is 789. The minimum Gasteiger partial charge on any atom is -0.326 e. The van der Waals surface area contributed by atoms with Crippen molar-refractivity contribution in [3.8, 4) is 5.69 Å². The third-order valence-corrected chi connectivity index (χ3v) is 4.70. The zero-order chi connectivity index (χ0) is 17.5. The Morgan fingerprint density at radius 3 is 2.71 bits per heavy atom. The highest BCUT2D eigenvalue weighted by Crippen LogP contribution is 2.59. The average molecular weight is 327 g/mol. The van der Waals surface area contributed by atoms with Gasteiger partial charge in [-0.1, -0.05) is 25.5 Å². The number of nitrogens with one attached hydrogen (secondary N) is 1. The van der Waals surface area contributed by atoms with Crippen molar-refractivity contribution in [2.24, 2.45) is 17.3 Å². The molecule has 0 aliphatic heterocycles. The molecule has 0 radical (unpaired) electrons. The number of amides is 1. The van der Waals surface area contributed by atoms with Crippen molar-refractivity contribution in [3.63, 3.8) is 0 Å². The van der Waals surface area contributed by atoms with Crippen molar-refractivity contribution in [1.82, 2.24) is 9.55 Å². The van der Waals surface area contributed by atoms with Crippen molar-refractivity contribution in [2.75, 3.05) is 5.32 Å². The topological polar surface area (TPSA) is 46.9 Å². The smallest absolute Gasteiger partial charge is 0.228 e. The van der Waals surface area contributed by atoms with Gasteiger partial charge >= 0.3 is 0 Å². The largest absolute Gasteiger partial charge is 0.326 e. The van der Waals surface area contributed by atoms with Crippen molar-refractivity contribution >= 4 is 11.6 Å². The van der Waals surface area contributed by atoms with Gasteiger partial charge < -0.3 is 9.88 Å². The Kier molecular flexibility index (Phi) is 4.03. The van der Waals surface area contributed by atoms with E-state index in [1.807, 2.05) is 13.8 Å². The molecule has 1 amide bonds. The van der Waals surface area contributed by atoms with E-state index in [1.54, 1.807) is 29.1 Å². The highest BCUT2D eigenvalue weighted by atomic mass is 19.1. The van der Waals surface area contributed by atoms with Crippen LogP contribution in [0.4, 0.5) is 10.1 Å². The summed E-state index contributed by atoms with van der Waals surface area (Å²) in [6.07, 6.45) is 6.95. The number of aromatic nitrogens is 2. The van der Waals surface area contributed by atoms with E-state index < -0.39 is 5.82 Å². The number of hydrogen-bond acceptors (Lipinski definition) is 2. The van der Waals surface area contributed by atoms with E-state index in [4.69, 9.17) is 0 Å². The van der Waals surface area contributed by atoms with E-state index in [2.05, 4.69) is 30.2 Å². The van der Waals surface area contributed by atoms with Crippen LogP contribution in [0.2, 0.25) is 0 Å². The Hall–Kier alpha value is -2.43. The van der Waals surface area contributed by atoms with Gasteiger partial charge in [0.1, 0.15) is 5.82 Å². The predicted molar refractivity (Wildman–Crippen MR) is 92.3 cm³/mol. The van der Waals surface area contributed by atoms with E-state index in [0.29, 0.717) is 11.4 Å². The van der Waals surface area contributed by atoms with Gasteiger partial charge in [-0.15, -0.1) is 0 Å². The maximum Gasteiger partial charge on any atom is 0.228 e. The molecule has 4 nitrogen and oxygen atoms in total. The van der Waals surface area contributed by atoms with Gasteiger partial charge in [-0.05, 0) is 43.4 Å². The van der Waals surface area contributed by atoms with Crippen LogP contribution in [0.3, 0.4) is 0 Å². The maximum atomic E-state index is 14.3. The summed E-state index contributed by atoms with van der Waals surface area (Å²) in [4.78, 5) is 16.4. The fourth-order valence-corrected chi connectivity index (χ4v) is 3.26. The minimum absolute atomic E-state index is 0.0581. The SMILES string of the molecule is CC(C)=CC1C(C(=O)Nc2ccc(-n3ccnc3)c(F)c2)C1(C)C. The van der Waals surface area contributed by atoms with Gasteiger partial charge in [0.15, 0.2) is 0 Å². The third-order valence-electron chi connectivity index (χ3n) is 4.70. The van der Waals surface area contributed by atoms with Crippen LogP contribution in [0.25, 0.3) is 5.69 Å². The first-order chi connectivity index (χ1) is 11.3. The molecule has 1 heterocycles. The van der Waals surface area contributed by atoms with Crippen molar-refractivity contribution in [3.05, 3.63) is 54.4 Å². The Balaban J connectivity index is 1.74. The quantitative estimate of drug-likeness (QED) is 0.856. The summed E-state index contributed by atoms with van der Waals surface area (Å²) in [5.41, 5.74) is 2.02. The van der Waals surface area contributed by atoms with E-state index in [9.17, 15) is 9.18 Å². The molecule has 1 aromatic heterocycles. The molecule has 1 aliphatic carbocycles. The van der Waals surface area contributed by atoms with Crippen LogP contribution < -0.4 is 5.32 Å². The molecule has 1 aromatic carbocycles. The number of carbonyl (C=O) groups is 1. The Morgan fingerprint density at radius 1 is 1.38 bits per heavy atom. The van der Waals surface area contributed by atoms with E-state index in [1.165, 1.54) is 18.0 Å². The molecule has 1 fully saturated rings. The second-order valence-corrected chi connectivity index (χ2v) is 7.19. The van der Waals surface area contributed by atoms with Crippen LogP contribution >= 0.6 is 0 Å². The highest BCUT2D eigenvalue weighted by molar-refractivity contribution is 5.95. The van der Waals surface area contributed by atoms with Crippen LogP contribution in [0, 0.1) is 23.1 Å². The fraction of sp³-hybridized carbons (Fsp3) is 0.368. The van der Waals surface area contributed by atoms with E-state index in [0.717, 1.165) is 0 Å². The molecular formula is C19H22FN3O. The van der Waals surface area contributed by atoms with Gasteiger partial charge in [-0.3, -0.25) is 4.79 Å². The molecule has 1 aliphatic rings. The number of rotatable bonds is 4. The average Bonchev–Trinajstić information content (AvgIpc) is 2.88. The second kappa shape index (κ2) is 5.89. The van der Waals surface area contributed by atoms with Crippen LogP contribution in [0.15, 0.2) is 48.6 Å². The zero-order valence-electron chi connectivity index (χ0n) is 14.4. The summed E-state index contributed by atoms with van der Waals surface area (Å²) >= 11 is 0. The van der Waals surface area contributed by atoms with Gasteiger partial charge in [0.2, 0.25) is 5.91 Å². The lowest BCUT2D eigenvalue weighted by Gasteiger charge is -2.09. The molecule has 1 saturated carbocycles. The van der Waals surface area contributed by atoms with Gasteiger partial charge in [0.25, 0.3) is 0 Å². The summed E-state index contributed by atoms with van der Waals surface area (Å²) in [6.45, 7) is 8.25. The van der Waals surface area contributed by atoms with Gasteiger partial charge in [0.05, 0.1) is 17.9 Å². The summed E-state index contributed by atoms with van der Waals surface area (Å²) in [5.74, 6) is -0.305. The van der Waals surface area contributed by atoms with Crippen molar-refractivity contribution in [1.29, 1.82) is 0 Å². The molecule has 0 spiro atoms. The molecule has 1 N–H and O–H groups in total. The van der Waals surface area contributed by atoms with Gasteiger partial charge in [-0.25, -0.2) is 9.37 Å². The number of benzene rings is 1. The number of anilines is 1. The Morgan fingerprint density at radius 2 is 2.12 bits per heavy atom. The molecule has 24 heavy (non-hydrogen) atoms. The fourth-order valence-electron chi connectivity index (χ4n) is 3.26. The van der Waals surface area contributed by atoms with E-state index in [-0.39, 0.29) is 23.2 Å². The van der Waals surface area contributed by atoms with Crippen LogP contribution in [-0.2, 0) is 4.79 Å². The normalized spacial score (nSPS) is 21.2. The van der Waals surface area contributed by atoms with Crippen LogP contribution in [-0.4, -0.2) is 15.5 Å². The third kappa shape index (κ3) is 2.98. The molecule has 0 saturated heterocycles. The lowest BCUT2D eigenvalue weighted by atomic mass is 10.1. The first-order valence-corrected chi connectivity index (χ1v) is 8.04. The lowest BCUT2D eigenvalue weighted by Crippen LogP contribution is -2.17. The zero-order valence-corrected chi connectivity index (χ0v) is 14.4. The maximum absolute atomic E-state index is 14.3. The Labute approximate surface area is 141 Å². The second-order valence-electron chi connectivity index (χ2n) is 7.19. The first kappa shape index (κ1) is 16.4. The molecule has 5 heteroatoms. The predicted octanol–water partition coefficient (Wildman–Crippen LogP) is 4.19. The summed E-state index contributed by atoms with van der Waals surface area (Å²) in [7, 11) is 0. The standard InChI is InChI=1S/C19H22FN3O/c1-12(2)9-14-17(19(14,3)4)18(24)22-13-5-6-16(15(20)10-13)23-8-7-21-11-23/h5-11,14,17H,1-4H3,(H,22,24). The molecule has 2 aromatic rings. The monoisotopic (exact) mass is 327 g/mol. The van der Waals surface area contributed by atoms with Crippen molar-refractivity contribution in [2.45, 2.75) is 27.7 Å². The van der Waals surface area contributed by atoms with Gasteiger partial charge in [0, 0.05) is 18.1 Å². The van der Waals surface area contributed by atoms with Crippen LogP contribution in [0.1, 0.15) is 27.7 Å². The number of imidazole rings is 1. The number of hydrogen-bond donors (Lipinski definition) is 1. The number of halogens is 1. The molecule has 2 unspecified atom stereocenters. The molecule has 2 atom stereocenters. The van der Waals surface area contributed by atoms with E-state index >= 15 is 0 Å². The number of carbonyl (C=O) groups excluding carboxylic acids is 1. The molecular weight excluding hydrogens is 305 g/mol. The summed E-state index contributed by atoms with van der Waals surface area (Å²) in [6, 6.07) is 4.69. The number of nitrogens with zero attached hydrogens (tertiary/aromatic N) is 2. The van der Waals surface area contributed by atoms with Crippen LogP contribution in [0.5, 0.6) is 0 Å².